The fourth-order valence-electron chi connectivity index (χ4n) is 2.57. The molecule has 0 aromatic carbocycles. The molecular formula is C12H14N2OS. The molecule has 1 N–H and O–H groups in total. The molecule has 2 aromatic heterocycles. The number of aromatic amines is 1. The van der Waals surface area contributed by atoms with Crippen LogP contribution in [0.1, 0.15) is 37.5 Å². The molecule has 16 heavy (non-hydrogen) atoms. The molecule has 2 heterocycles. The van der Waals surface area contributed by atoms with Gasteiger partial charge in [0.05, 0.1) is 11.8 Å². The Morgan fingerprint density at radius 3 is 2.88 bits per heavy atom. The van der Waals surface area contributed by atoms with Gasteiger partial charge in [0.2, 0.25) is 0 Å². The third-order valence-electron chi connectivity index (χ3n) is 3.62. The van der Waals surface area contributed by atoms with Gasteiger partial charge >= 0.3 is 0 Å². The zero-order valence-electron chi connectivity index (χ0n) is 9.25. The number of fused-ring (bicyclic) bond motifs is 1. The summed E-state index contributed by atoms with van der Waals surface area (Å²) >= 11 is 1.61. The molecule has 3 nitrogen and oxygen atoms in total. The molecule has 1 saturated carbocycles. The van der Waals surface area contributed by atoms with Gasteiger partial charge in [0.1, 0.15) is 4.70 Å². The first-order valence-corrected chi connectivity index (χ1v) is 6.48. The number of H-pyrrole nitrogens is 1. The zero-order chi connectivity index (χ0) is 11.2. The second kappa shape index (κ2) is 3.42. The maximum Gasteiger partial charge on any atom is 0.268 e. The molecule has 0 atom stereocenters. The highest BCUT2D eigenvalue weighted by molar-refractivity contribution is 7.19. The highest BCUT2D eigenvalue weighted by atomic mass is 32.1. The van der Waals surface area contributed by atoms with E-state index in [2.05, 4.69) is 23.0 Å². The molecular weight excluding hydrogens is 220 g/mol. The fourth-order valence-corrected chi connectivity index (χ4v) is 3.77. The van der Waals surface area contributed by atoms with E-state index in [-0.39, 0.29) is 11.0 Å². The number of hydrogen-bond acceptors (Lipinski definition) is 3. The molecule has 2 aromatic rings. The highest BCUT2D eigenvalue weighted by Gasteiger charge is 2.32. The van der Waals surface area contributed by atoms with E-state index < -0.39 is 0 Å². The largest absolute Gasteiger partial charge is 0.312 e. The van der Waals surface area contributed by atoms with Crippen molar-refractivity contribution >= 4 is 21.6 Å². The van der Waals surface area contributed by atoms with Crippen LogP contribution in [0.25, 0.3) is 10.2 Å². The highest BCUT2D eigenvalue weighted by Crippen LogP contribution is 2.44. The van der Waals surface area contributed by atoms with E-state index in [4.69, 9.17) is 0 Å². The smallest absolute Gasteiger partial charge is 0.268 e. The number of nitrogens with zero attached hydrogens (tertiary/aromatic N) is 1. The van der Waals surface area contributed by atoms with E-state index in [1.165, 1.54) is 36.9 Å². The predicted molar refractivity (Wildman–Crippen MR) is 66.1 cm³/mol. The Morgan fingerprint density at radius 2 is 2.19 bits per heavy atom. The maximum atomic E-state index is 11.6. The van der Waals surface area contributed by atoms with Crippen LogP contribution in [0.2, 0.25) is 0 Å². The van der Waals surface area contributed by atoms with Gasteiger partial charge in [-0.3, -0.25) is 4.79 Å². The van der Waals surface area contributed by atoms with Gasteiger partial charge in [0.15, 0.2) is 0 Å². The van der Waals surface area contributed by atoms with Gasteiger partial charge in [-0.05, 0) is 18.9 Å². The normalized spacial score (nSPS) is 19.3. The van der Waals surface area contributed by atoms with Gasteiger partial charge in [-0.2, -0.15) is 0 Å². The van der Waals surface area contributed by atoms with Crippen LogP contribution >= 0.6 is 11.3 Å². The van der Waals surface area contributed by atoms with E-state index in [9.17, 15) is 4.79 Å². The lowest BCUT2D eigenvalue weighted by Gasteiger charge is -2.21. The molecule has 0 saturated heterocycles. The summed E-state index contributed by atoms with van der Waals surface area (Å²) in [5.41, 5.74) is 1.11. The second-order valence-corrected chi connectivity index (χ2v) is 5.88. The second-order valence-electron chi connectivity index (χ2n) is 4.82. The molecule has 3 rings (SSSR count). The van der Waals surface area contributed by atoms with Gasteiger partial charge in [0.25, 0.3) is 5.56 Å². The third-order valence-corrected chi connectivity index (χ3v) is 5.05. The van der Waals surface area contributed by atoms with Crippen LogP contribution in [-0.4, -0.2) is 9.97 Å². The van der Waals surface area contributed by atoms with Crippen molar-refractivity contribution in [2.75, 3.05) is 0 Å². The van der Waals surface area contributed by atoms with Crippen molar-refractivity contribution in [1.29, 1.82) is 0 Å². The standard InChI is InChI=1S/C12H14N2OS/c1-12(4-2-3-5-12)9-6-8-10(16-9)11(15)14-7-13-8/h6-7H,2-5H2,1H3,(H,13,14,15). The van der Waals surface area contributed by atoms with Crippen LogP contribution in [0.4, 0.5) is 0 Å². The number of hydrogen-bond donors (Lipinski definition) is 1. The molecule has 1 aliphatic carbocycles. The van der Waals surface area contributed by atoms with E-state index >= 15 is 0 Å². The van der Waals surface area contributed by atoms with Crippen molar-refractivity contribution in [1.82, 2.24) is 9.97 Å². The zero-order valence-corrected chi connectivity index (χ0v) is 10.1. The SMILES string of the molecule is CC1(c2cc3nc[nH]c(=O)c3s2)CCCC1. The summed E-state index contributed by atoms with van der Waals surface area (Å²) in [6.45, 7) is 2.30. The Labute approximate surface area is 97.5 Å². The summed E-state index contributed by atoms with van der Waals surface area (Å²) in [6.07, 6.45) is 6.55. The lowest BCUT2D eigenvalue weighted by molar-refractivity contribution is 0.502. The van der Waals surface area contributed by atoms with E-state index in [1.54, 1.807) is 11.3 Å². The molecule has 4 heteroatoms. The van der Waals surface area contributed by atoms with E-state index in [1.807, 2.05) is 0 Å². The van der Waals surface area contributed by atoms with Crippen LogP contribution in [0.3, 0.4) is 0 Å². The molecule has 1 aliphatic rings. The minimum atomic E-state index is -0.0113. The van der Waals surface area contributed by atoms with Gasteiger partial charge in [-0.1, -0.05) is 19.8 Å². The van der Waals surface area contributed by atoms with Crippen LogP contribution < -0.4 is 5.56 Å². The molecule has 0 spiro atoms. The Morgan fingerprint density at radius 1 is 1.44 bits per heavy atom. The molecule has 0 unspecified atom stereocenters. The van der Waals surface area contributed by atoms with Crippen LogP contribution in [-0.2, 0) is 5.41 Å². The summed E-state index contributed by atoms with van der Waals surface area (Å²) in [5.74, 6) is 0. The van der Waals surface area contributed by atoms with Gasteiger partial charge in [0, 0.05) is 10.3 Å². The molecule has 0 aliphatic heterocycles. The number of rotatable bonds is 1. The molecule has 0 radical (unpaired) electrons. The Hall–Kier alpha value is -1.16. The lowest BCUT2D eigenvalue weighted by Crippen LogP contribution is -2.14. The quantitative estimate of drug-likeness (QED) is 0.824. The molecule has 84 valence electrons. The van der Waals surface area contributed by atoms with Crippen molar-refractivity contribution in [2.45, 2.75) is 38.0 Å². The van der Waals surface area contributed by atoms with Crippen LogP contribution in [0.15, 0.2) is 17.2 Å². The number of thiophene rings is 1. The molecule has 0 bridgehead atoms. The van der Waals surface area contributed by atoms with E-state index in [0.29, 0.717) is 0 Å². The average Bonchev–Trinajstić information content (AvgIpc) is 2.85. The van der Waals surface area contributed by atoms with Crippen molar-refractivity contribution in [3.63, 3.8) is 0 Å². The summed E-state index contributed by atoms with van der Waals surface area (Å²) in [6, 6.07) is 2.10. The first kappa shape index (κ1) is 10.0. The first-order chi connectivity index (χ1) is 7.69. The minimum absolute atomic E-state index is 0.0113. The third kappa shape index (κ3) is 1.40. The fraction of sp³-hybridized carbons (Fsp3) is 0.500. The van der Waals surface area contributed by atoms with E-state index in [0.717, 1.165) is 10.2 Å². The Bertz CT molecular complexity index is 578. The Balaban J connectivity index is 2.19. The summed E-state index contributed by atoms with van der Waals surface area (Å²) in [7, 11) is 0. The average molecular weight is 234 g/mol. The van der Waals surface area contributed by atoms with Crippen LogP contribution in [0, 0.1) is 0 Å². The van der Waals surface area contributed by atoms with Crippen molar-refractivity contribution in [2.24, 2.45) is 0 Å². The minimum Gasteiger partial charge on any atom is -0.312 e. The van der Waals surface area contributed by atoms with Crippen LogP contribution in [0.5, 0.6) is 0 Å². The van der Waals surface area contributed by atoms with Crippen molar-refractivity contribution < 1.29 is 0 Å². The molecule has 0 amide bonds. The summed E-state index contributed by atoms with van der Waals surface area (Å²) in [5, 5.41) is 0. The molecule has 1 fully saturated rings. The summed E-state index contributed by atoms with van der Waals surface area (Å²) < 4.78 is 0.769. The van der Waals surface area contributed by atoms with Crippen molar-refractivity contribution in [3.05, 3.63) is 27.6 Å². The van der Waals surface area contributed by atoms with Crippen molar-refractivity contribution in [3.8, 4) is 0 Å². The number of aromatic nitrogens is 2. The number of nitrogens with one attached hydrogen (secondary N) is 1. The predicted octanol–water partition coefficient (Wildman–Crippen LogP) is 2.82. The van der Waals surface area contributed by atoms with Gasteiger partial charge < -0.3 is 4.98 Å². The van der Waals surface area contributed by atoms with Gasteiger partial charge in [-0.15, -0.1) is 11.3 Å². The Kier molecular flexibility index (Phi) is 2.14. The monoisotopic (exact) mass is 234 g/mol. The topological polar surface area (TPSA) is 45.8 Å². The lowest BCUT2D eigenvalue weighted by atomic mass is 9.87. The van der Waals surface area contributed by atoms with Gasteiger partial charge in [-0.25, -0.2) is 4.98 Å². The maximum absolute atomic E-state index is 11.6. The first-order valence-electron chi connectivity index (χ1n) is 5.67. The summed E-state index contributed by atoms with van der Waals surface area (Å²) in [4.78, 5) is 19.8.